The number of anilines is 1. The summed E-state index contributed by atoms with van der Waals surface area (Å²) in [4.78, 5) is 21.5. The van der Waals surface area contributed by atoms with Crippen molar-refractivity contribution in [3.8, 4) is 17.1 Å². The zero-order chi connectivity index (χ0) is 27.7. The average molecular weight is 544 g/mol. The van der Waals surface area contributed by atoms with Gasteiger partial charge in [0, 0.05) is 25.3 Å². The topological polar surface area (TPSA) is 124 Å². The number of nitrogens with two attached hydrogens (primary N) is 1. The summed E-state index contributed by atoms with van der Waals surface area (Å²) in [5.41, 5.74) is 8.92. The van der Waals surface area contributed by atoms with E-state index in [1.807, 2.05) is 18.2 Å². The molecule has 3 aromatic heterocycles. The molecule has 0 atom stereocenters. The molecular formula is C26H28F3N7O3. The minimum atomic E-state index is -4.40. The van der Waals surface area contributed by atoms with Crippen molar-refractivity contribution < 1.29 is 27.8 Å². The molecule has 4 aromatic rings. The molecule has 0 bridgehead atoms. The molecule has 3 N–H and O–H groups in total. The molecule has 206 valence electrons. The second kappa shape index (κ2) is 10.6. The molecule has 1 aromatic carbocycles. The number of nitrogens with zero attached hydrogens (tertiary/aromatic N) is 6. The van der Waals surface area contributed by atoms with E-state index in [0.717, 1.165) is 18.4 Å². The number of imidazole rings is 1. The zero-order valence-corrected chi connectivity index (χ0v) is 21.2. The number of aromatic nitrogens is 5. The van der Waals surface area contributed by atoms with Gasteiger partial charge >= 0.3 is 12.1 Å². The SMILES string of the molecule is Cc1cc(C(=O)O)cc(-c2cnn(C3CC3)c2OCCN(CCn2c(N)nc3ccccc32)CC(F)(F)F)n1. The van der Waals surface area contributed by atoms with E-state index in [4.69, 9.17) is 10.5 Å². The van der Waals surface area contributed by atoms with Crippen LogP contribution in [0.4, 0.5) is 19.1 Å². The maximum absolute atomic E-state index is 13.4. The zero-order valence-electron chi connectivity index (χ0n) is 21.2. The lowest BCUT2D eigenvalue weighted by Crippen LogP contribution is -2.39. The molecule has 0 spiro atoms. The number of hydrogen-bond donors (Lipinski definition) is 2. The fraction of sp³-hybridized carbons (Fsp3) is 0.385. The van der Waals surface area contributed by atoms with Crippen molar-refractivity contribution in [3.05, 3.63) is 53.9 Å². The number of hydrogen-bond acceptors (Lipinski definition) is 7. The lowest BCUT2D eigenvalue weighted by molar-refractivity contribution is -0.146. The molecule has 39 heavy (non-hydrogen) atoms. The Kier molecular flexibility index (Phi) is 7.17. The Morgan fingerprint density at radius 2 is 1.97 bits per heavy atom. The number of ether oxygens (including phenoxy) is 1. The van der Waals surface area contributed by atoms with E-state index in [1.165, 1.54) is 17.0 Å². The predicted octanol–water partition coefficient (Wildman–Crippen LogP) is 4.16. The Labute approximate surface area is 221 Å². The Balaban J connectivity index is 1.33. The molecule has 3 heterocycles. The van der Waals surface area contributed by atoms with Gasteiger partial charge in [-0.2, -0.15) is 18.3 Å². The first kappa shape index (κ1) is 26.5. The van der Waals surface area contributed by atoms with Crippen molar-refractivity contribution in [2.75, 3.05) is 32.0 Å². The van der Waals surface area contributed by atoms with E-state index in [-0.39, 0.29) is 43.8 Å². The normalized spacial score (nSPS) is 13.9. The summed E-state index contributed by atoms with van der Waals surface area (Å²) < 4.78 is 49.7. The number of fused-ring (bicyclic) bond motifs is 1. The Morgan fingerprint density at radius 1 is 1.21 bits per heavy atom. The van der Waals surface area contributed by atoms with Crippen molar-refractivity contribution in [2.24, 2.45) is 0 Å². The summed E-state index contributed by atoms with van der Waals surface area (Å²) >= 11 is 0. The summed E-state index contributed by atoms with van der Waals surface area (Å²) in [7, 11) is 0. The maximum atomic E-state index is 13.4. The van der Waals surface area contributed by atoms with Gasteiger partial charge in [-0.25, -0.2) is 14.5 Å². The largest absolute Gasteiger partial charge is 0.478 e. The third-order valence-corrected chi connectivity index (χ3v) is 6.49. The maximum Gasteiger partial charge on any atom is 0.401 e. The van der Waals surface area contributed by atoms with Gasteiger partial charge in [0.25, 0.3) is 0 Å². The fourth-order valence-electron chi connectivity index (χ4n) is 4.55. The van der Waals surface area contributed by atoms with Crippen LogP contribution in [0.25, 0.3) is 22.3 Å². The van der Waals surface area contributed by atoms with E-state index in [1.54, 1.807) is 28.4 Å². The molecule has 0 aliphatic heterocycles. The standard InChI is InChI=1S/C26H28F3N7O3/c1-16-12-17(24(37)38)13-21(32-16)19-14-31-36(18-6-7-18)23(19)39-11-10-34(15-26(27,28)29)8-9-35-22-5-3-2-4-20(22)33-25(35)30/h2-5,12-14,18H,6-11,15H2,1H3,(H2,30,33)(H,37,38). The predicted molar refractivity (Wildman–Crippen MR) is 138 cm³/mol. The van der Waals surface area contributed by atoms with Crippen LogP contribution in [-0.4, -0.2) is 72.7 Å². The molecule has 1 saturated carbocycles. The highest BCUT2D eigenvalue weighted by atomic mass is 19.4. The Bertz CT molecular complexity index is 1490. The second-order valence-electron chi connectivity index (χ2n) is 9.58. The van der Waals surface area contributed by atoms with Crippen LogP contribution in [0.15, 0.2) is 42.6 Å². The Hall–Kier alpha value is -4.13. The Morgan fingerprint density at radius 3 is 2.69 bits per heavy atom. The number of carboxylic acid groups (broad SMARTS) is 1. The second-order valence-corrected chi connectivity index (χ2v) is 9.58. The monoisotopic (exact) mass is 543 g/mol. The molecule has 1 fully saturated rings. The number of carboxylic acids is 1. The number of aromatic carboxylic acids is 1. The van der Waals surface area contributed by atoms with Crippen LogP contribution in [0, 0.1) is 6.92 Å². The molecule has 0 saturated heterocycles. The van der Waals surface area contributed by atoms with Gasteiger partial charge in [-0.1, -0.05) is 12.1 Å². The number of aryl methyl sites for hydroxylation is 1. The van der Waals surface area contributed by atoms with E-state index in [0.29, 0.717) is 28.3 Å². The lowest BCUT2D eigenvalue weighted by atomic mass is 10.1. The number of nitrogen functional groups attached to an aromatic ring is 1. The van der Waals surface area contributed by atoms with E-state index in [2.05, 4.69) is 15.1 Å². The summed E-state index contributed by atoms with van der Waals surface area (Å²) in [5, 5.41) is 13.9. The molecule has 5 rings (SSSR count). The van der Waals surface area contributed by atoms with Crippen molar-refractivity contribution in [1.82, 2.24) is 29.2 Å². The van der Waals surface area contributed by atoms with Crippen LogP contribution in [0.5, 0.6) is 5.88 Å². The minimum Gasteiger partial charge on any atom is -0.478 e. The van der Waals surface area contributed by atoms with Crippen LogP contribution in [0.1, 0.15) is 34.9 Å². The first-order valence-corrected chi connectivity index (χ1v) is 12.5. The molecule has 0 radical (unpaired) electrons. The van der Waals surface area contributed by atoms with Crippen LogP contribution in [0.3, 0.4) is 0 Å². The van der Waals surface area contributed by atoms with Crippen LogP contribution < -0.4 is 10.5 Å². The van der Waals surface area contributed by atoms with Gasteiger partial charge in [0.1, 0.15) is 6.61 Å². The van der Waals surface area contributed by atoms with Crippen LogP contribution >= 0.6 is 0 Å². The van der Waals surface area contributed by atoms with Gasteiger partial charge in [0.05, 0.1) is 46.6 Å². The average Bonchev–Trinajstić information content (AvgIpc) is 3.54. The van der Waals surface area contributed by atoms with Gasteiger partial charge in [0.2, 0.25) is 11.8 Å². The highest BCUT2D eigenvalue weighted by Crippen LogP contribution is 2.41. The number of alkyl halides is 3. The molecule has 0 amide bonds. The molecule has 13 heteroatoms. The van der Waals surface area contributed by atoms with E-state index < -0.39 is 18.7 Å². The van der Waals surface area contributed by atoms with Crippen molar-refractivity contribution in [1.29, 1.82) is 0 Å². The summed E-state index contributed by atoms with van der Waals surface area (Å²) in [6, 6.07) is 10.3. The van der Waals surface area contributed by atoms with Crippen molar-refractivity contribution >= 4 is 23.0 Å². The van der Waals surface area contributed by atoms with Crippen LogP contribution in [0.2, 0.25) is 0 Å². The number of pyridine rings is 1. The van der Waals surface area contributed by atoms with Crippen molar-refractivity contribution in [2.45, 2.75) is 38.5 Å². The highest BCUT2D eigenvalue weighted by molar-refractivity contribution is 5.89. The highest BCUT2D eigenvalue weighted by Gasteiger charge is 2.32. The molecule has 0 unspecified atom stereocenters. The first-order chi connectivity index (χ1) is 18.6. The van der Waals surface area contributed by atoms with Gasteiger partial charge in [-0.05, 0) is 44.0 Å². The summed E-state index contributed by atoms with van der Waals surface area (Å²) in [6.45, 7) is 0.816. The number of halogens is 3. The van der Waals surface area contributed by atoms with Crippen LogP contribution in [-0.2, 0) is 6.54 Å². The van der Waals surface area contributed by atoms with Gasteiger partial charge in [-0.3, -0.25) is 9.88 Å². The number of para-hydroxylation sites is 2. The van der Waals surface area contributed by atoms with Crippen molar-refractivity contribution in [3.63, 3.8) is 0 Å². The van der Waals surface area contributed by atoms with E-state index in [9.17, 15) is 23.1 Å². The number of rotatable bonds is 11. The van der Waals surface area contributed by atoms with Gasteiger partial charge in [0.15, 0.2) is 0 Å². The van der Waals surface area contributed by atoms with E-state index >= 15 is 0 Å². The van der Waals surface area contributed by atoms with Gasteiger partial charge < -0.3 is 20.1 Å². The quantitative estimate of drug-likeness (QED) is 0.289. The molecule has 10 nitrogen and oxygen atoms in total. The summed E-state index contributed by atoms with van der Waals surface area (Å²) in [6.07, 6.45) is -1.04. The minimum absolute atomic E-state index is 0.0110. The molecule has 1 aliphatic rings. The number of carbonyl (C=O) groups is 1. The molecule has 1 aliphatic carbocycles. The fourth-order valence-corrected chi connectivity index (χ4v) is 4.55. The molecular weight excluding hydrogens is 515 g/mol. The third-order valence-electron chi connectivity index (χ3n) is 6.49. The smallest absolute Gasteiger partial charge is 0.401 e. The summed E-state index contributed by atoms with van der Waals surface area (Å²) in [5.74, 6) is -0.486. The lowest BCUT2D eigenvalue weighted by Gasteiger charge is -2.24. The first-order valence-electron chi connectivity index (χ1n) is 12.5. The third kappa shape index (κ3) is 6.14. The number of benzene rings is 1. The van der Waals surface area contributed by atoms with Gasteiger partial charge in [-0.15, -0.1) is 0 Å².